The minimum atomic E-state index is 0.00952. The molecule has 2 amide bonds. The number of anilines is 1. The van der Waals surface area contributed by atoms with Gasteiger partial charge in [-0.3, -0.25) is 9.59 Å². The maximum absolute atomic E-state index is 12.5. The number of hydrogen-bond donors (Lipinski definition) is 2. The van der Waals surface area contributed by atoms with Gasteiger partial charge in [-0.15, -0.1) is 0 Å². The van der Waals surface area contributed by atoms with Crippen molar-refractivity contribution in [3.63, 3.8) is 0 Å². The fraction of sp³-hybridized carbons (Fsp3) is 0.400. The Balaban J connectivity index is 1.52. The number of rotatable bonds is 4. The van der Waals surface area contributed by atoms with E-state index in [4.69, 9.17) is 4.42 Å². The predicted molar refractivity (Wildman–Crippen MR) is 99.5 cm³/mol. The van der Waals surface area contributed by atoms with Crippen molar-refractivity contribution in [2.45, 2.75) is 20.8 Å². The highest BCUT2D eigenvalue weighted by molar-refractivity contribution is 5.95. The Hall–Kier alpha value is -2.60. The van der Waals surface area contributed by atoms with E-state index in [1.54, 1.807) is 19.3 Å². The van der Waals surface area contributed by atoms with Crippen LogP contribution in [0.4, 0.5) is 5.69 Å². The Morgan fingerprint density at radius 1 is 1.12 bits per heavy atom. The van der Waals surface area contributed by atoms with E-state index >= 15 is 0 Å². The lowest BCUT2D eigenvalue weighted by Gasteiger charge is -2.31. The summed E-state index contributed by atoms with van der Waals surface area (Å²) in [7, 11) is 0. The average Bonchev–Trinajstić information content (AvgIpc) is 3.04. The zero-order chi connectivity index (χ0) is 18.7. The molecule has 2 heterocycles. The molecule has 0 unspecified atom stereocenters. The number of aryl methyl sites for hydroxylation is 3. The van der Waals surface area contributed by atoms with E-state index in [0.717, 1.165) is 29.9 Å². The van der Waals surface area contributed by atoms with E-state index < -0.39 is 0 Å². The molecule has 1 saturated heterocycles. The van der Waals surface area contributed by atoms with Crippen molar-refractivity contribution in [3.8, 4) is 0 Å². The van der Waals surface area contributed by atoms with Crippen LogP contribution in [0.2, 0.25) is 0 Å². The lowest BCUT2D eigenvalue weighted by Crippen LogP contribution is -3.15. The lowest BCUT2D eigenvalue weighted by atomic mass is 10.1. The van der Waals surface area contributed by atoms with Crippen molar-refractivity contribution < 1.29 is 18.9 Å². The summed E-state index contributed by atoms with van der Waals surface area (Å²) in [6.45, 7) is 9.04. The number of carbonyl (C=O) groups is 2. The maximum atomic E-state index is 12.5. The second-order valence-corrected chi connectivity index (χ2v) is 6.92. The van der Waals surface area contributed by atoms with Gasteiger partial charge in [-0.05, 0) is 38.0 Å². The van der Waals surface area contributed by atoms with Gasteiger partial charge in [0.1, 0.15) is 5.76 Å². The molecule has 1 aromatic heterocycles. The van der Waals surface area contributed by atoms with Gasteiger partial charge in [-0.1, -0.05) is 18.2 Å². The molecular weight excluding hydrogens is 330 g/mol. The van der Waals surface area contributed by atoms with Crippen LogP contribution >= 0.6 is 0 Å². The predicted octanol–water partition coefficient (Wildman–Crippen LogP) is 1.18. The summed E-state index contributed by atoms with van der Waals surface area (Å²) < 4.78 is 5.22. The number of benzene rings is 1. The van der Waals surface area contributed by atoms with Crippen molar-refractivity contribution in [3.05, 3.63) is 53.0 Å². The standard InChI is InChI=1S/C20H25N3O3/c1-14-5-4-6-15(2)19(14)21-18(24)13-22-8-10-23(11-9-22)20(25)17-7-12-26-16(17)3/h4-7,12H,8-11,13H2,1-3H3,(H,21,24)/p+1. The highest BCUT2D eigenvalue weighted by Crippen LogP contribution is 2.19. The first-order valence-corrected chi connectivity index (χ1v) is 8.98. The van der Waals surface area contributed by atoms with Gasteiger partial charge in [0, 0.05) is 5.69 Å². The number of nitrogens with one attached hydrogen (secondary N) is 2. The number of nitrogens with zero attached hydrogens (tertiary/aromatic N) is 1. The molecule has 0 bridgehead atoms. The Morgan fingerprint density at radius 3 is 2.35 bits per heavy atom. The first-order chi connectivity index (χ1) is 12.5. The van der Waals surface area contributed by atoms with Crippen LogP contribution in [0.25, 0.3) is 0 Å². The van der Waals surface area contributed by atoms with E-state index in [9.17, 15) is 9.59 Å². The molecule has 6 heteroatoms. The minimum absolute atomic E-state index is 0.00952. The number of para-hydroxylation sites is 1. The zero-order valence-electron chi connectivity index (χ0n) is 15.6. The summed E-state index contributed by atoms with van der Waals surface area (Å²) in [5, 5.41) is 3.04. The molecule has 0 radical (unpaired) electrons. The van der Waals surface area contributed by atoms with Crippen molar-refractivity contribution in [2.24, 2.45) is 0 Å². The van der Waals surface area contributed by atoms with Gasteiger partial charge in [0.15, 0.2) is 6.54 Å². The summed E-state index contributed by atoms with van der Waals surface area (Å²) in [5.41, 5.74) is 3.67. The molecular formula is C20H26N3O3+. The average molecular weight is 356 g/mol. The van der Waals surface area contributed by atoms with Crippen molar-refractivity contribution in [1.82, 2.24) is 4.90 Å². The van der Waals surface area contributed by atoms with Gasteiger partial charge < -0.3 is 19.5 Å². The van der Waals surface area contributed by atoms with E-state index in [1.807, 2.05) is 36.9 Å². The van der Waals surface area contributed by atoms with Crippen LogP contribution < -0.4 is 10.2 Å². The third kappa shape index (κ3) is 3.96. The van der Waals surface area contributed by atoms with Gasteiger partial charge in [0.25, 0.3) is 11.8 Å². The van der Waals surface area contributed by atoms with Gasteiger partial charge in [-0.2, -0.15) is 0 Å². The Bertz CT molecular complexity index is 784. The maximum Gasteiger partial charge on any atom is 0.279 e. The monoisotopic (exact) mass is 356 g/mol. The van der Waals surface area contributed by atoms with Gasteiger partial charge in [-0.25, -0.2) is 0 Å². The number of furan rings is 1. The highest BCUT2D eigenvalue weighted by atomic mass is 16.3. The van der Waals surface area contributed by atoms with Gasteiger partial charge in [0.2, 0.25) is 0 Å². The SMILES string of the molecule is Cc1cccc(C)c1NC(=O)C[NH+]1CCN(C(=O)c2ccoc2C)CC1. The fourth-order valence-electron chi connectivity index (χ4n) is 3.40. The molecule has 26 heavy (non-hydrogen) atoms. The molecule has 1 aliphatic heterocycles. The van der Waals surface area contributed by atoms with E-state index in [2.05, 4.69) is 5.32 Å². The molecule has 1 aliphatic rings. The van der Waals surface area contributed by atoms with Gasteiger partial charge >= 0.3 is 0 Å². The molecule has 138 valence electrons. The molecule has 6 nitrogen and oxygen atoms in total. The summed E-state index contributed by atoms with van der Waals surface area (Å²) >= 11 is 0. The topological polar surface area (TPSA) is 67.0 Å². The summed E-state index contributed by atoms with van der Waals surface area (Å²) in [4.78, 5) is 27.9. The smallest absolute Gasteiger partial charge is 0.279 e. The Morgan fingerprint density at radius 2 is 1.77 bits per heavy atom. The lowest BCUT2D eigenvalue weighted by molar-refractivity contribution is -0.895. The first kappa shape index (κ1) is 18.2. The van der Waals surface area contributed by atoms with Crippen LogP contribution in [0.5, 0.6) is 0 Å². The van der Waals surface area contributed by atoms with Gasteiger partial charge in [0.05, 0.1) is 38.0 Å². The molecule has 2 N–H and O–H groups in total. The molecule has 3 rings (SSSR count). The highest BCUT2D eigenvalue weighted by Gasteiger charge is 2.27. The van der Waals surface area contributed by atoms with Crippen LogP contribution in [-0.2, 0) is 4.79 Å². The number of carbonyl (C=O) groups excluding carboxylic acids is 2. The Kier molecular flexibility index (Phi) is 5.42. The van der Waals surface area contributed by atoms with Crippen molar-refractivity contribution >= 4 is 17.5 Å². The molecule has 2 aromatic rings. The summed E-state index contributed by atoms with van der Waals surface area (Å²) in [6, 6.07) is 7.70. The van der Waals surface area contributed by atoms with Crippen LogP contribution in [-0.4, -0.2) is 49.4 Å². The molecule has 0 saturated carbocycles. The largest absolute Gasteiger partial charge is 0.469 e. The molecule has 0 aliphatic carbocycles. The van der Waals surface area contributed by atoms with Crippen LogP contribution in [0.15, 0.2) is 34.9 Å². The number of quaternary nitrogens is 1. The fourth-order valence-corrected chi connectivity index (χ4v) is 3.40. The van der Waals surface area contributed by atoms with E-state index in [-0.39, 0.29) is 11.8 Å². The third-order valence-corrected chi connectivity index (χ3v) is 5.00. The van der Waals surface area contributed by atoms with E-state index in [0.29, 0.717) is 31.0 Å². The quantitative estimate of drug-likeness (QED) is 0.865. The minimum Gasteiger partial charge on any atom is -0.469 e. The number of hydrogen-bond acceptors (Lipinski definition) is 3. The Labute approximate surface area is 153 Å². The molecule has 0 atom stereocenters. The van der Waals surface area contributed by atoms with Crippen molar-refractivity contribution in [1.29, 1.82) is 0 Å². The summed E-state index contributed by atoms with van der Waals surface area (Å²) in [5.74, 6) is 0.677. The molecule has 1 aromatic carbocycles. The molecule has 1 fully saturated rings. The number of amides is 2. The third-order valence-electron chi connectivity index (χ3n) is 5.00. The normalized spacial score (nSPS) is 15.1. The second kappa shape index (κ2) is 7.74. The van der Waals surface area contributed by atoms with Crippen LogP contribution in [0.1, 0.15) is 27.2 Å². The first-order valence-electron chi connectivity index (χ1n) is 8.98. The molecule has 0 spiro atoms. The second-order valence-electron chi connectivity index (χ2n) is 6.92. The number of piperazine rings is 1. The van der Waals surface area contributed by atoms with E-state index in [1.165, 1.54) is 4.90 Å². The zero-order valence-corrected chi connectivity index (χ0v) is 15.6. The van der Waals surface area contributed by atoms with Crippen molar-refractivity contribution in [2.75, 3.05) is 38.0 Å². The van der Waals surface area contributed by atoms with Crippen LogP contribution in [0.3, 0.4) is 0 Å². The van der Waals surface area contributed by atoms with Crippen LogP contribution in [0, 0.1) is 20.8 Å². The summed E-state index contributed by atoms with van der Waals surface area (Å²) in [6.07, 6.45) is 1.54.